The summed E-state index contributed by atoms with van der Waals surface area (Å²) >= 11 is 0. The van der Waals surface area contributed by atoms with Gasteiger partial charge in [0.15, 0.2) is 0 Å². The Morgan fingerprint density at radius 1 is 1.10 bits per heavy atom. The van der Waals surface area contributed by atoms with E-state index in [4.69, 9.17) is 0 Å². The molecule has 0 bridgehead atoms. The van der Waals surface area contributed by atoms with Crippen molar-refractivity contribution in [3.05, 3.63) is 53.3 Å². The highest BCUT2D eigenvalue weighted by Crippen LogP contribution is 2.20. The smallest absolute Gasteiger partial charge is 0.0455 e. The number of para-hydroxylation sites is 1. The molecule has 20 heavy (non-hydrogen) atoms. The number of rotatable bonds is 6. The predicted molar refractivity (Wildman–Crippen MR) is 85.5 cm³/mol. The predicted octanol–water partition coefficient (Wildman–Crippen LogP) is 2.75. The summed E-state index contributed by atoms with van der Waals surface area (Å²) < 4.78 is 2.32. The van der Waals surface area contributed by atoms with Gasteiger partial charge in [-0.15, -0.1) is 0 Å². The van der Waals surface area contributed by atoms with Crippen molar-refractivity contribution >= 4 is 0 Å². The third-order valence-corrected chi connectivity index (χ3v) is 3.60. The van der Waals surface area contributed by atoms with Crippen molar-refractivity contribution < 1.29 is 0 Å². The van der Waals surface area contributed by atoms with Gasteiger partial charge in [0.25, 0.3) is 0 Å². The van der Waals surface area contributed by atoms with E-state index in [0.29, 0.717) is 0 Å². The van der Waals surface area contributed by atoms with E-state index in [1.165, 1.54) is 22.6 Å². The van der Waals surface area contributed by atoms with Crippen LogP contribution in [0.1, 0.15) is 17.0 Å². The third kappa shape index (κ3) is 3.50. The fourth-order valence-corrected chi connectivity index (χ4v) is 2.51. The van der Waals surface area contributed by atoms with Crippen molar-refractivity contribution in [2.75, 3.05) is 27.2 Å². The summed E-state index contributed by atoms with van der Waals surface area (Å²) in [6.07, 6.45) is 0. The van der Waals surface area contributed by atoms with Gasteiger partial charge < -0.3 is 14.8 Å². The highest BCUT2D eigenvalue weighted by molar-refractivity contribution is 5.40. The zero-order chi connectivity index (χ0) is 14.5. The van der Waals surface area contributed by atoms with Crippen LogP contribution >= 0.6 is 0 Å². The van der Waals surface area contributed by atoms with Gasteiger partial charge in [-0.2, -0.15) is 0 Å². The van der Waals surface area contributed by atoms with E-state index in [-0.39, 0.29) is 0 Å². The Bertz CT molecular complexity index is 541. The van der Waals surface area contributed by atoms with E-state index in [1.807, 2.05) is 0 Å². The second kappa shape index (κ2) is 6.73. The van der Waals surface area contributed by atoms with Crippen molar-refractivity contribution in [1.29, 1.82) is 0 Å². The molecule has 3 heteroatoms. The molecule has 108 valence electrons. The van der Waals surface area contributed by atoms with Crippen LogP contribution in [0, 0.1) is 13.8 Å². The van der Waals surface area contributed by atoms with Crippen molar-refractivity contribution in [2.45, 2.75) is 20.4 Å². The quantitative estimate of drug-likeness (QED) is 0.815. The zero-order valence-corrected chi connectivity index (χ0v) is 13.0. The molecule has 0 aliphatic carbocycles. The number of aryl methyl sites for hydroxylation is 1. The molecule has 0 radical (unpaired) electrons. The summed E-state index contributed by atoms with van der Waals surface area (Å²) in [5.74, 6) is 0. The van der Waals surface area contributed by atoms with Gasteiger partial charge in [-0.05, 0) is 51.7 Å². The Morgan fingerprint density at radius 3 is 2.45 bits per heavy atom. The van der Waals surface area contributed by atoms with E-state index in [2.05, 4.69) is 79.1 Å². The van der Waals surface area contributed by atoms with Crippen LogP contribution in [0.2, 0.25) is 0 Å². The Balaban J connectivity index is 2.09. The average Bonchev–Trinajstić information content (AvgIpc) is 2.70. The second-order valence-corrected chi connectivity index (χ2v) is 5.55. The van der Waals surface area contributed by atoms with E-state index in [9.17, 15) is 0 Å². The summed E-state index contributed by atoms with van der Waals surface area (Å²) in [6.45, 7) is 7.38. The minimum absolute atomic E-state index is 0.931. The minimum atomic E-state index is 0.931. The number of benzene rings is 1. The maximum Gasteiger partial charge on any atom is 0.0455 e. The number of hydrogen-bond acceptors (Lipinski definition) is 2. The summed E-state index contributed by atoms with van der Waals surface area (Å²) in [6, 6.07) is 12.8. The first-order valence-corrected chi connectivity index (χ1v) is 7.18. The molecule has 0 unspecified atom stereocenters. The first-order valence-electron chi connectivity index (χ1n) is 7.18. The SMILES string of the molecule is Cc1cc(CNCCN(C)C)c(C)n1-c1ccccc1. The number of aromatic nitrogens is 1. The molecule has 2 rings (SSSR count). The van der Waals surface area contributed by atoms with E-state index >= 15 is 0 Å². The summed E-state index contributed by atoms with van der Waals surface area (Å²) in [5, 5.41) is 3.51. The second-order valence-electron chi connectivity index (χ2n) is 5.55. The molecule has 2 aromatic rings. The molecule has 1 aromatic heterocycles. The topological polar surface area (TPSA) is 20.2 Å². The van der Waals surface area contributed by atoms with Crippen molar-refractivity contribution in [2.24, 2.45) is 0 Å². The van der Waals surface area contributed by atoms with E-state index < -0.39 is 0 Å². The van der Waals surface area contributed by atoms with Gasteiger partial charge in [0.1, 0.15) is 0 Å². The molecule has 0 spiro atoms. The Hall–Kier alpha value is -1.58. The fraction of sp³-hybridized carbons (Fsp3) is 0.412. The number of nitrogens with one attached hydrogen (secondary N) is 1. The van der Waals surface area contributed by atoms with Gasteiger partial charge in [0.05, 0.1) is 0 Å². The van der Waals surface area contributed by atoms with Gasteiger partial charge in [0.2, 0.25) is 0 Å². The molecule has 0 aliphatic rings. The summed E-state index contributed by atoms with van der Waals surface area (Å²) in [4.78, 5) is 2.19. The molecule has 1 aromatic carbocycles. The van der Waals surface area contributed by atoms with Crippen LogP contribution in [0.4, 0.5) is 0 Å². The first kappa shape index (κ1) is 14.8. The Labute approximate surface area is 122 Å². The Kier molecular flexibility index (Phi) is 4.99. The van der Waals surface area contributed by atoms with Gasteiger partial charge in [0, 0.05) is 36.7 Å². The molecule has 0 amide bonds. The fourth-order valence-electron chi connectivity index (χ4n) is 2.51. The van der Waals surface area contributed by atoms with E-state index in [1.54, 1.807) is 0 Å². The minimum Gasteiger partial charge on any atom is -0.318 e. The van der Waals surface area contributed by atoms with Crippen LogP contribution in [0.25, 0.3) is 5.69 Å². The lowest BCUT2D eigenvalue weighted by Crippen LogP contribution is -2.26. The highest BCUT2D eigenvalue weighted by Gasteiger charge is 2.09. The summed E-state index contributed by atoms with van der Waals surface area (Å²) in [5.41, 5.74) is 5.23. The van der Waals surface area contributed by atoms with Crippen LogP contribution in [-0.4, -0.2) is 36.7 Å². The van der Waals surface area contributed by atoms with Crippen molar-refractivity contribution in [3.8, 4) is 5.69 Å². The molecule has 3 nitrogen and oxygen atoms in total. The summed E-state index contributed by atoms with van der Waals surface area (Å²) in [7, 11) is 4.20. The van der Waals surface area contributed by atoms with Crippen LogP contribution in [0.15, 0.2) is 36.4 Å². The van der Waals surface area contributed by atoms with Gasteiger partial charge in [-0.25, -0.2) is 0 Å². The van der Waals surface area contributed by atoms with Crippen LogP contribution in [0.3, 0.4) is 0 Å². The maximum atomic E-state index is 3.51. The van der Waals surface area contributed by atoms with Crippen molar-refractivity contribution in [3.63, 3.8) is 0 Å². The first-order chi connectivity index (χ1) is 9.59. The lowest BCUT2D eigenvalue weighted by molar-refractivity contribution is 0.400. The Morgan fingerprint density at radius 2 is 1.80 bits per heavy atom. The highest BCUT2D eigenvalue weighted by atomic mass is 15.1. The lowest BCUT2D eigenvalue weighted by Gasteiger charge is -2.11. The van der Waals surface area contributed by atoms with Gasteiger partial charge in [-0.3, -0.25) is 0 Å². The third-order valence-electron chi connectivity index (χ3n) is 3.60. The average molecular weight is 271 g/mol. The molecule has 0 saturated heterocycles. The molecular formula is C17H25N3. The lowest BCUT2D eigenvalue weighted by atomic mass is 10.2. The molecule has 0 saturated carbocycles. The van der Waals surface area contributed by atoms with E-state index in [0.717, 1.165) is 19.6 Å². The molecule has 0 aliphatic heterocycles. The standard InChI is InChI=1S/C17H25N3/c1-14-12-16(13-18-10-11-19(3)4)15(2)20(14)17-8-6-5-7-9-17/h5-9,12,18H,10-11,13H2,1-4H3. The molecule has 1 heterocycles. The van der Waals surface area contributed by atoms with Crippen LogP contribution in [0.5, 0.6) is 0 Å². The maximum absolute atomic E-state index is 3.51. The monoisotopic (exact) mass is 271 g/mol. The normalized spacial score (nSPS) is 11.2. The molecule has 0 fully saturated rings. The number of likely N-dealkylation sites (N-methyl/N-ethyl adjacent to an activating group) is 1. The van der Waals surface area contributed by atoms with Gasteiger partial charge >= 0.3 is 0 Å². The number of nitrogens with zero attached hydrogens (tertiary/aromatic N) is 2. The molecular weight excluding hydrogens is 246 g/mol. The van der Waals surface area contributed by atoms with Crippen LogP contribution in [-0.2, 0) is 6.54 Å². The van der Waals surface area contributed by atoms with Crippen LogP contribution < -0.4 is 5.32 Å². The molecule has 0 atom stereocenters. The zero-order valence-electron chi connectivity index (χ0n) is 13.0. The largest absolute Gasteiger partial charge is 0.318 e. The molecule has 1 N–H and O–H groups in total. The van der Waals surface area contributed by atoms with Gasteiger partial charge in [-0.1, -0.05) is 18.2 Å². The number of hydrogen-bond donors (Lipinski definition) is 1. The van der Waals surface area contributed by atoms with Crippen molar-refractivity contribution in [1.82, 2.24) is 14.8 Å².